The van der Waals surface area contributed by atoms with Gasteiger partial charge < -0.3 is 15.3 Å². The molecule has 0 aliphatic carbocycles. The van der Waals surface area contributed by atoms with Crippen LogP contribution in [0, 0.1) is 5.41 Å². The van der Waals surface area contributed by atoms with Crippen LogP contribution in [0.15, 0.2) is 0 Å². The van der Waals surface area contributed by atoms with Gasteiger partial charge in [0, 0.05) is 18.7 Å². The summed E-state index contributed by atoms with van der Waals surface area (Å²) in [6.45, 7) is 5.73. The molecule has 2 N–H and O–H groups in total. The Bertz CT molecular complexity index is 492. The van der Waals surface area contributed by atoms with Crippen molar-refractivity contribution >= 4 is 29.5 Å². The first-order valence-corrected chi connectivity index (χ1v) is 8.75. The Labute approximate surface area is 135 Å². The number of nitrogens with zero attached hydrogens (tertiary/aromatic N) is 1. The lowest BCUT2D eigenvalue weighted by atomic mass is 9.82. The number of fused-ring (bicyclic) bond motifs is 1. The second kappa shape index (κ2) is 6.10. The lowest BCUT2D eigenvalue weighted by Crippen LogP contribution is -2.52. The van der Waals surface area contributed by atoms with Gasteiger partial charge in [-0.3, -0.25) is 14.4 Å². The molecule has 2 saturated heterocycles. The van der Waals surface area contributed by atoms with Crippen LogP contribution in [-0.4, -0.2) is 51.0 Å². The average Bonchev–Trinajstić information content (AvgIpc) is 2.97. The number of hydrogen-bond acceptors (Lipinski definition) is 4. The van der Waals surface area contributed by atoms with E-state index in [2.05, 4.69) is 5.32 Å². The highest BCUT2D eigenvalue weighted by Gasteiger charge is 2.53. The van der Waals surface area contributed by atoms with Crippen LogP contribution in [0.3, 0.4) is 0 Å². The Hall–Kier alpha value is -1.24. The maximum atomic E-state index is 12.5. The Morgan fingerprint density at radius 2 is 2.09 bits per heavy atom. The van der Waals surface area contributed by atoms with Crippen molar-refractivity contribution in [1.29, 1.82) is 0 Å². The van der Waals surface area contributed by atoms with Gasteiger partial charge in [-0.25, -0.2) is 0 Å². The number of thioether (sulfide) groups is 1. The van der Waals surface area contributed by atoms with E-state index >= 15 is 0 Å². The van der Waals surface area contributed by atoms with Gasteiger partial charge in [0.25, 0.3) is 0 Å². The summed E-state index contributed by atoms with van der Waals surface area (Å²) in [6.07, 6.45) is 2.16. The van der Waals surface area contributed by atoms with Crippen LogP contribution >= 0.6 is 11.8 Å². The molecule has 6 nitrogen and oxygen atoms in total. The molecular formula is C15H24N2O4S. The molecule has 2 atom stereocenters. The number of hydrogen-bond donors (Lipinski definition) is 2. The number of nitrogens with one attached hydrogen (secondary N) is 1. The molecule has 22 heavy (non-hydrogen) atoms. The number of amides is 2. The minimum Gasteiger partial charge on any atom is -0.481 e. The number of carbonyl (C=O) groups is 3. The quantitative estimate of drug-likeness (QED) is 0.770. The van der Waals surface area contributed by atoms with E-state index in [9.17, 15) is 19.5 Å². The van der Waals surface area contributed by atoms with E-state index in [1.165, 1.54) is 0 Å². The largest absolute Gasteiger partial charge is 0.481 e. The molecule has 7 heteroatoms. The molecular weight excluding hydrogens is 304 g/mol. The van der Waals surface area contributed by atoms with Crippen LogP contribution < -0.4 is 5.32 Å². The standard InChI is InChI=1S/C15H24N2O4S/c1-4-15(5-2,13(20)21)9-16-12(19)10-8-22-14(3)7-6-11(18)17(10)14/h10H,4-9H2,1-3H3,(H,16,19)(H,20,21). The van der Waals surface area contributed by atoms with E-state index in [1.54, 1.807) is 16.7 Å². The van der Waals surface area contributed by atoms with E-state index in [0.29, 0.717) is 25.0 Å². The zero-order chi connectivity index (χ0) is 16.5. The minimum atomic E-state index is -0.931. The summed E-state index contributed by atoms with van der Waals surface area (Å²) >= 11 is 1.63. The average molecular weight is 328 g/mol. The van der Waals surface area contributed by atoms with Crippen LogP contribution in [0.4, 0.5) is 0 Å². The zero-order valence-corrected chi connectivity index (χ0v) is 14.2. The molecule has 0 spiro atoms. The van der Waals surface area contributed by atoms with Crippen molar-refractivity contribution in [2.24, 2.45) is 5.41 Å². The summed E-state index contributed by atoms with van der Waals surface area (Å²) < 4.78 is 0. The maximum Gasteiger partial charge on any atom is 0.311 e. The predicted molar refractivity (Wildman–Crippen MR) is 84.4 cm³/mol. The Kier molecular flexibility index (Phi) is 4.75. The van der Waals surface area contributed by atoms with Crippen LogP contribution in [-0.2, 0) is 14.4 Å². The Morgan fingerprint density at radius 1 is 1.45 bits per heavy atom. The molecule has 0 radical (unpaired) electrons. The van der Waals surface area contributed by atoms with Crippen molar-refractivity contribution in [1.82, 2.24) is 10.2 Å². The molecule has 0 aromatic rings. The van der Waals surface area contributed by atoms with Crippen molar-refractivity contribution < 1.29 is 19.5 Å². The van der Waals surface area contributed by atoms with Crippen LogP contribution in [0.5, 0.6) is 0 Å². The van der Waals surface area contributed by atoms with Gasteiger partial charge in [0.2, 0.25) is 11.8 Å². The van der Waals surface area contributed by atoms with E-state index in [-0.39, 0.29) is 23.2 Å². The first-order valence-electron chi connectivity index (χ1n) is 7.77. The highest BCUT2D eigenvalue weighted by Crippen LogP contribution is 2.47. The SMILES string of the molecule is CCC(CC)(CNC(=O)C1CSC2(C)CCC(=O)N12)C(=O)O. The molecule has 124 valence electrons. The molecule has 2 heterocycles. The van der Waals surface area contributed by atoms with Gasteiger partial charge in [0.15, 0.2) is 0 Å². The first-order chi connectivity index (χ1) is 10.3. The molecule has 0 saturated carbocycles. The van der Waals surface area contributed by atoms with Gasteiger partial charge in [-0.1, -0.05) is 13.8 Å². The minimum absolute atomic E-state index is 0.0168. The number of carboxylic acid groups (broad SMARTS) is 1. The van der Waals surface area contributed by atoms with E-state index < -0.39 is 17.4 Å². The second-order valence-corrected chi connectivity index (χ2v) is 7.78. The van der Waals surface area contributed by atoms with Crippen molar-refractivity contribution in [3.63, 3.8) is 0 Å². The number of aliphatic carboxylic acids is 1. The molecule has 0 bridgehead atoms. The lowest BCUT2D eigenvalue weighted by molar-refractivity contribution is -0.150. The third kappa shape index (κ3) is 2.71. The number of carboxylic acids is 1. The van der Waals surface area contributed by atoms with Gasteiger partial charge in [-0.2, -0.15) is 0 Å². The van der Waals surface area contributed by atoms with Crippen LogP contribution in [0.25, 0.3) is 0 Å². The molecule has 0 aromatic carbocycles. The van der Waals surface area contributed by atoms with Gasteiger partial charge in [-0.15, -0.1) is 11.8 Å². The predicted octanol–water partition coefficient (Wildman–Crippen LogP) is 1.45. The fraction of sp³-hybridized carbons (Fsp3) is 0.800. The highest BCUT2D eigenvalue weighted by atomic mass is 32.2. The summed E-state index contributed by atoms with van der Waals surface area (Å²) in [5, 5.41) is 12.2. The summed E-state index contributed by atoms with van der Waals surface area (Å²) in [5.74, 6) is -0.533. The van der Waals surface area contributed by atoms with Gasteiger partial charge in [0.1, 0.15) is 6.04 Å². The zero-order valence-electron chi connectivity index (χ0n) is 13.3. The smallest absolute Gasteiger partial charge is 0.311 e. The number of rotatable bonds is 6. The molecule has 2 unspecified atom stereocenters. The van der Waals surface area contributed by atoms with Gasteiger partial charge in [-0.05, 0) is 26.2 Å². The normalized spacial score (nSPS) is 27.9. The Balaban J connectivity index is 2.04. The summed E-state index contributed by atoms with van der Waals surface area (Å²) in [6, 6.07) is -0.481. The second-order valence-electron chi connectivity index (χ2n) is 6.28. The van der Waals surface area contributed by atoms with Crippen molar-refractivity contribution in [2.75, 3.05) is 12.3 Å². The Morgan fingerprint density at radius 3 is 2.64 bits per heavy atom. The van der Waals surface area contributed by atoms with Crippen molar-refractivity contribution in [3.8, 4) is 0 Å². The molecule has 2 aliphatic heterocycles. The molecule has 2 fully saturated rings. The molecule has 0 aromatic heterocycles. The lowest BCUT2D eigenvalue weighted by Gasteiger charge is -2.31. The summed E-state index contributed by atoms with van der Waals surface area (Å²) in [4.78, 5) is 37.4. The fourth-order valence-electron chi connectivity index (χ4n) is 3.27. The third-order valence-corrected chi connectivity index (χ3v) is 6.66. The maximum absolute atomic E-state index is 12.5. The topological polar surface area (TPSA) is 86.7 Å². The number of carbonyl (C=O) groups excluding carboxylic acids is 2. The van der Waals surface area contributed by atoms with Gasteiger partial charge in [0.05, 0.1) is 10.3 Å². The van der Waals surface area contributed by atoms with E-state index in [0.717, 1.165) is 6.42 Å². The molecule has 2 aliphatic rings. The third-order valence-electron chi connectivity index (χ3n) is 5.16. The molecule has 2 rings (SSSR count). The summed E-state index contributed by atoms with van der Waals surface area (Å²) in [7, 11) is 0. The van der Waals surface area contributed by atoms with E-state index in [4.69, 9.17) is 0 Å². The van der Waals surface area contributed by atoms with E-state index in [1.807, 2.05) is 20.8 Å². The van der Waals surface area contributed by atoms with Crippen LogP contribution in [0.1, 0.15) is 46.5 Å². The van der Waals surface area contributed by atoms with Crippen LogP contribution in [0.2, 0.25) is 0 Å². The summed E-state index contributed by atoms with van der Waals surface area (Å²) in [5.41, 5.74) is -0.931. The molecule has 2 amide bonds. The monoisotopic (exact) mass is 328 g/mol. The highest BCUT2D eigenvalue weighted by molar-refractivity contribution is 8.01. The first kappa shape index (κ1) is 17.1. The van der Waals surface area contributed by atoms with Crippen molar-refractivity contribution in [2.45, 2.75) is 57.4 Å². The van der Waals surface area contributed by atoms with Crippen molar-refractivity contribution in [3.05, 3.63) is 0 Å². The fourth-order valence-corrected chi connectivity index (χ4v) is 4.70. The van der Waals surface area contributed by atoms with Gasteiger partial charge >= 0.3 is 5.97 Å².